The number of alkyl halides is 1. The Bertz CT molecular complexity index is 264. The Morgan fingerprint density at radius 1 is 1.00 bits per heavy atom. The molecule has 1 aromatic rings. The lowest BCUT2D eigenvalue weighted by atomic mass is 9.86. The molecule has 0 heterocycles. The standard InChI is InChI=1S/C12H17I.C2H6/c1-9(13)10-5-7-11(8-6-10)12(2,3)4;1-2/h5-9H,1-4H3;1-2H3. The van der Waals surface area contributed by atoms with Gasteiger partial charge in [0.05, 0.1) is 0 Å². The molecule has 1 heteroatoms. The smallest absolute Gasteiger partial charge is 0.0331 e. The molecule has 0 radical (unpaired) electrons. The molecular formula is C14H23I. The summed E-state index contributed by atoms with van der Waals surface area (Å²) in [6.45, 7) is 13.0. The van der Waals surface area contributed by atoms with Crippen molar-refractivity contribution in [3.05, 3.63) is 35.4 Å². The average Bonchev–Trinajstić information content (AvgIpc) is 2.20. The highest BCUT2D eigenvalue weighted by atomic mass is 127. The third-order valence-electron chi connectivity index (χ3n) is 2.24. The van der Waals surface area contributed by atoms with Crippen LogP contribution >= 0.6 is 22.6 Å². The van der Waals surface area contributed by atoms with E-state index in [0.717, 1.165) is 0 Å². The summed E-state index contributed by atoms with van der Waals surface area (Å²) in [7, 11) is 0. The van der Waals surface area contributed by atoms with E-state index >= 15 is 0 Å². The second-order valence-electron chi connectivity index (χ2n) is 4.49. The molecule has 0 aromatic heterocycles. The Labute approximate surface area is 109 Å². The zero-order valence-corrected chi connectivity index (χ0v) is 12.9. The van der Waals surface area contributed by atoms with E-state index in [4.69, 9.17) is 0 Å². The van der Waals surface area contributed by atoms with Crippen LogP contribution in [0.25, 0.3) is 0 Å². The van der Waals surface area contributed by atoms with Gasteiger partial charge in [-0.3, -0.25) is 0 Å². The van der Waals surface area contributed by atoms with Crippen molar-refractivity contribution in [2.45, 2.75) is 50.9 Å². The van der Waals surface area contributed by atoms with Gasteiger partial charge in [-0.2, -0.15) is 0 Å². The molecule has 0 spiro atoms. The Hall–Kier alpha value is -0.0500. The van der Waals surface area contributed by atoms with E-state index in [1.165, 1.54) is 11.1 Å². The lowest BCUT2D eigenvalue weighted by Crippen LogP contribution is -2.10. The zero-order chi connectivity index (χ0) is 12.1. The second kappa shape index (κ2) is 6.51. The van der Waals surface area contributed by atoms with E-state index in [1.54, 1.807) is 0 Å². The van der Waals surface area contributed by atoms with Crippen LogP contribution < -0.4 is 0 Å². The summed E-state index contributed by atoms with van der Waals surface area (Å²) < 4.78 is 0.603. The first-order chi connectivity index (χ1) is 6.91. The molecule has 0 aliphatic rings. The van der Waals surface area contributed by atoms with Gasteiger partial charge in [0.1, 0.15) is 0 Å². The number of benzene rings is 1. The van der Waals surface area contributed by atoms with Gasteiger partial charge in [0, 0.05) is 3.92 Å². The van der Waals surface area contributed by atoms with Gasteiger partial charge in [0.15, 0.2) is 0 Å². The van der Waals surface area contributed by atoms with Crippen molar-refractivity contribution < 1.29 is 0 Å². The lowest BCUT2D eigenvalue weighted by molar-refractivity contribution is 0.590. The van der Waals surface area contributed by atoms with Crippen molar-refractivity contribution in [2.75, 3.05) is 0 Å². The number of hydrogen-bond acceptors (Lipinski definition) is 0. The highest BCUT2D eigenvalue weighted by molar-refractivity contribution is 14.1. The summed E-state index contributed by atoms with van der Waals surface area (Å²) in [6.07, 6.45) is 0. The molecule has 0 saturated heterocycles. The average molecular weight is 318 g/mol. The minimum atomic E-state index is 0.271. The van der Waals surface area contributed by atoms with Crippen LogP contribution in [0.2, 0.25) is 0 Å². The van der Waals surface area contributed by atoms with Crippen LogP contribution in [0.4, 0.5) is 0 Å². The third kappa shape index (κ3) is 5.01. The molecule has 1 unspecified atom stereocenters. The maximum atomic E-state index is 2.44. The molecule has 0 amide bonds. The summed E-state index contributed by atoms with van der Waals surface area (Å²) in [4.78, 5) is 0. The van der Waals surface area contributed by atoms with Crippen LogP contribution in [0, 0.1) is 0 Å². The van der Waals surface area contributed by atoms with Crippen LogP contribution in [0.3, 0.4) is 0 Å². The SMILES string of the molecule is CC.CC(I)c1ccc(C(C)(C)C)cc1. The van der Waals surface area contributed by atoms with Gasteiger partial charge in [-0.05, 0) is 23.5 Å². The van der Waals surface area contributed by atoms with Crippen LogP contribution in [0.1, 0.15) is 56.6 Å². The van der Waals surface area contributed by atoms with Gasteiger partial charge in [0.2, 0.25) is 0 Å². The van der Waals surface area contributed by atoms with Crippen LogP contribution in [0.5, 0.6) is 0 Å². The zero-order valence-electron chi connectivity index (χ0n) is 10.8. The fourth-order valence-electron chi connectivity index (χ4n) is 1.25. The predicted molar refractivity (Wildman–Crippen MR) is 78.9 cm³/mol. The van der Waals surface area contributed by atoms with E-state index in [2.05, 4.69) is 74.6 Å². The molecule has 0 bridgehead atoms. The molecular weight excluding hydrogens is 295 g/mol. The van der Waals surface area contributed by atoms with Crippen LogP contribution in [-0.4, -0.2) is 0 Å². The lowest BCUT2D eigenvalue weighted by Gasteiger charge is -2.19. The first kappa shape index (κ1) is 14.9. The third-order valence-corrected chi connectivity index (χ3v) is 2.96. The van der Waals surface area contributed by atoms with Crippen molar-refractivity contribution in [1.29, 1.82) is 0 Å². The number of hydrogen-bond donors (Lipinski definition) is 0. The van der Waals surface area contributed by atoms with Crippen molar-refractivity contribution in [3.8, 4) is 0 Å². The fraction of sp³-hybridized carbons (Fsp3) is 0.571. The van der Waals surface area contributed by atoms with E-state index in [-0.39, 0.29) is 5.41 Å². The Morgan fingerprint density at radius 2 is 1.40 bits per heavy atom. The quantitative estimate of drug-likeness (QED) is 0.473. The van der Waals surface area contributed by atoms with Crippen molar-refractivity contribution in [3.63, 3.8) is 0 Å². The van der Waals surface area contributed by atoms with Crippen LogP contribution in [0.15, 0.2) is 24.3 Å². The normalized spacial score (nSPS) is 12.7. The molecule has 86 valence electrons. The summed E-state index contributed by atoms with van der Waals surface area (Å²) in [5, 5.41) is 0. The van der Waals surface area contributed by atoms with Gasteiger partial charge >= 0.3 is 0 Å². The number of halogens is 1. The van der Waals surface area contributed by atoms with Gasteiger partial charge in [-0.15, -0.1) is 0 Å². The van der Waals surface area contributed by atoms with Gasteiger partial charge in [-0.1, -0.05) is 81.5 Å². The van der Waals surface area contributed by atoms with Gasteiger partial charge in [-0.25, -0.2) is 0 Å². The first-order valence-electron chi connectivity index (χ1n) is 5.66. The topological polar surface area (TPSA) is 0 Å². The van der Waals surface area contributed by atoms with E-state index in [0.29, 0.717) is 3.92 Å². The van der Waals surface area contributed by atoms with E-state index < -0.39 is 0 Å². The van der Waals surface area contributed by atoms with Crippen LogP contribution in [-0.2, 0) is 5.41 Å². The predicted octanol–water partition coefficient (Wildman–Crippen LogP) is 5.51. The second-order valence-corrected chi connectivity index (χ2v) is 6.36. The Balaban J connectivity index is 0.000000921. The summed E-state index contributed by atoms with van der Waals surface area (Å²) in [5.41, 5.74) is 3.09. The number of rotatable bonds is 1. The summed E-state index contributed by atoms with van der Waals surface area (Å²) >= 11 is 2.44. The van der Waals surface area contributed by atoms with E-state index in [9.17, 15) is 0 Å². The van der Waals surface area contributed by atoms with Gasteiger partial charge in [0.25, 0.3) is 0 Å². The van der Waals surface area contributed by atoms with Crippen molar-refractivity contribution in [1.82, 2.24) is 0 Å². The Morgan fingerprint density at radius 3 is 1.67 bits per heavy atom. The molecule has 1 aromatic carbocycles. The van der Waals surface area contributed by atoms with Crippen molar-refractivity contribution >= 4 is 22.6 Å². The summed E-state index contributed by atoms with van der Waals surface area (Å²) in [5.74, 6) is 0. The molecule has 0 aliphatic heterocycles. The molecule has 0 nitrogen and oxygen atoms in total. The fourth-order valence-corrected chi connectivity index (χ4v) is 1.66. The molecule has 0 N–H and O–H groups in total. The minimum Gasteiger partial charge on any atom is -0.0777 e. The first-order valence-corrected chi connectivity index (χ1v) is 6.90. The Kier molecular flexibility index (Phi) is 6.49. The molecule has 0 saturated carbocycles. The molecule has 0 aliphatic carbocycles. The monoisotopic (exact) mass is 318 g/mol. The highest BCUT2D eigenvalue weighted by Gasteiger charge is 2.13. The summed E-state index contributed by atoms with van der Waals surface area (Å²) in [6, 6.07) is 8.95. The van der Waals surface area contributed by atoms with Gasteiger partial charge < -0.3 is 0 Å². The molecule has 0 fully saturated rings. The minimum absolute atomic E-state index is 0.271. The van der Waals surface area contributed by atoms with E-state index in [1.807, 2.05) is 13.8 Å². The largest absolute Gasteiger partial charge is 0.0777 e. The van der Waals surface area contributed by atoms with Crippen molar-refractivity contribution in [2.24, 2.45) is 0 Å². The maximum Gasteiger partial charge on any atom is 0.0331 e. The molecule has 1 atom stereocenters. The maximum absolute atomic E-state index is 2.44. The molecule has 1 rings (SSSR count). The molecule has 15 heavy (non-hydrogen) atoms. The highest BCUT2D eigenvalue weighted by Crippen LogP contribution is 2.26.